The highest BCUT2D eigenvalue weighted by Gasteiger charge is 2.22. The Labute approximate surface area is 91.7 Å². The smallest absolute Gasteiger partial charge is 0.0597 e. The van der Waals surface area contributed by atoms with Gasteiger partial charge in [-0.15, -0.1) is 0 Å². The van der Waals surface area contributed by atoms with Crippen LogP contribution in [0.4, 0.5) is 0 Å². The van der Waals surface area contributed by atoms with E-state index in [0.29, 0.717) is 0 Å². The molecule has 2 rings (SSSR count). The van der Waals surface area contributed by atoms with Crippen molar-refractivity contribution in [3.05, 3.63) is 17.5 Å². The minimum absolute atomic E-state index is 0.177. The zero-order valence-electron chi connectivity index (χ0n) is 9.74. The fourth-order valence-corrected chi connectivity index (χ4v) is 2.33. The van der Waals surface area contributed by atoms with Crippen molar-refractivity contribution in [2.75, 3.05) is 0 Å². The summed E-state index contributed by atoms with van der Waals surface area (Å²) in [6.45, 7) is 5.07. The maximum atomic E-state index is 6.23. The van der Waals surface area contributed by atoms with E-state index in [1.807, 2.05) is 11.6 Å². The van der Waals surface area contributed by atoms with Crippen LogP contribution in [0.5, 0.6) is 0 Å². The van der Waals surface area contributed by atoms with E-state index in [1.165, 1.54) is 25.0 Å². The zero-order valence-corrected chi connectivity index (χ0v) is 9.74. The van der Waals surface area contributed by atoms with E-state index in [-0.39, 0.29) is 6.04 Å². The van der Waals surface area contributed by atoms with Crippen LogP contribution in [0.15, 0.2) is 6.07 Å². The molecular formula is C12H21N3. The summed E-state index contributed by atoms with van der Waals surface area (Å²) < 4.78 is 2.04. The molecule has 1 fully saturated rings. The van der Waals surface area contributed by atoms with Gasteiger partial charge in [0.1, 0.15) is 0 Å². The largest absolute Gasteiger partial charge is 0.323 e. The van der Waals surface area contributed by atoms with Gasteiger partial charge in [0.15, 0.2) is 0 Å². The van der Waals surface area contributed by atoms with E-state index in [1.54, 1.807) is 0 Å². The molecule has 1 heterocycles. The zero-order chi connectivity index (χ0) is 10.8. The third-order valence-corrected chi connectivity index (χ3v) is 3.42. The van der Waals surface area contributed by atoms with Crippen molar-refractivity contribution in [1.29, 1.82) is 0 Å². The van der Waals surface area contributed by atoms with E-state index in [0.717, 1.165) is 24.6 Å². The first-order valence-electron chi connectivity index (χ1n) is 6.00. The second kappa shape index (κ2) is 4.35. The lowest BCUT2D eigenvalue weighted by Gasteiger charge is -2.28. The first-order valence-corrected chi connectivity index (χ1v) is 6.00. The summed E-state index contributed by atoms with van der Waals surface area (Å²) in [7, 11) is 0. The fraction of sp³-hybridized carbons (Fsp3) is 0.750. The summed E-state index contributed by atoms with van der Waals surface area (Å²) in [5.41, 5.74) is 8.52. The van der Waals surface area contributed by atoms with Crippen molar-refractivity contribution in [3.63, 3.8) is 0 Å². The van der Waals surface area contributed by atoms with Crippen molar-refractivity contribution >= 4 is 0 Å². The van der Waals surface area contributed by atoms with Gasteiger partial charge < -0.3 is 5.73 Å². The van der Waals surface area contributed by atoms with Crippen LogP contribution in [0.1, 0.15) is 50.0 Å². The highest BCUT2D eigenvalue weighted by Crippen LogP contribution is 2.33. The molecule has 1 aliphatic carbocycles. The van der Waals surface area contributed by atoms with Gasteiger partial charge in [-0.25, -0.2) is 0 Å². The van der Waals surface area contributed by atoms with Crippen molar-refractivity contribution in [3.8, 4) is 0 Å². The van der Waals surface area contributed by atoms with Gasteiger partial charge >= 0.3 is 0 Å². The maximum Gasteiger partial charge on any atom is 0.0597 e. The Balaban J connectivity index is 2.05. The van der Waals surface area contributed by atoms with Crippen LogP contribution >= 0.6 is 0 Å². The molecule has 0 saturated heterocycles. The topological polar surface area (TPSA) is 43.8 Å². The van der Waals surface area contributed by atoms with Crippen molar-refractivity contribution in [2.45, 2.75) is 52.1 Å². The Morgan fingerprint density at radius 1 is 1.60 bits per heavy atom. The molecule has 84 valence electrons. The van der Waals surface area contributed by atoms with Crippen LogP contribution in [0.3, 0.4) is 0 Å². The predicted molar refractivity (Wildman–Crippen MR) is 61.5 cm³/mol. The number of hydrogen-bond donors (Lipinski definition) is 1. The van der Waals surface area contributed by atoms with Crippen LogP contribution in [0.2, 0.25) is 0 Å². The lowest BCUT2D eigenvalue weighted by Crippen LogP contribution is -2.22. The third-order valence-electron chi connectivity index (χ3n) is 3.42. The summed E-state index contributed by atoms with van der Waals surface area (Å²) in [6.07, 6.45) is 5.26. The maximum absolute atomic E-state index is 6.23. The van der Waals surface area contributed by atoms with Crippen molar-refractivity contribution in [1.82, 2.24) is 9.78 Å². The van der Waals surface area contributed by atoms with E-state index < -0.39 is 0 Å². The molecule has 1 atom stereocenters. The first kappa shape index (κ1) is 10.7. The van der Waals surface area contributed by atoms with Gasteiger partial charge in [-0.1, -0.05) is 19.3 Å². The summed E-state index contributed by atoms with van der Waals surface area (Å²) >= 11 is 0. The van der Waals surface area contributed by atoms with E-state index >= 15 is 0 Å². The Bertz CT molecular complexity index is 326. The van der Waals surface area contributed by atoms with Crippen LogP contribution in [-0.2, 0) is 6.54 Å². The second-order valence-corrected chi connectivity index (χ2v) is 4.67. The SMILES string of the molecule is CCn1nc(C)cc1C(N)CC1CCC1. The summed E-state index contributed by atoms with van der Waals surface area (Å²) in [5.74, 6) is 0.862. The Morgan fingerprint density at radius 2 is 2.33 bits per heavy atom. The Hall–Kier alpha value is -0.830. The predicted octanol–water partition coefficient (Wildman–Crippen LogP) is 2.40. The molecule has 15 heavy (non-hydrogen) atoms. The number of aromatic nitrogens is 2. The molecule has 1 aromatic rings. The van der Waals surface area contributed by atoms with Gasteiger partial charge in [-0.2, -0.15) is 5.10 Å². The quantitative estimate of drug-likeness (QED) is 0.824. The molecule has 0 amide bonds. The summed E-state index contributed by atoms with van der Waals surface area (Å²) in [5, 5.41) is 4.44. The molecule has 0 aromatic carbocycles. The van der Waals surface area contributed by atoms with Crippen LogP contribution in [0, 0.1) is 12.8 Å². The second-order valence-electron chi connectivity index (χ2n) is 4.67. The van der Waals surface area contributed by atoms with Gasteiger partial charge in [0.25, 0.3) is 0 Å². The highest BCUT2D eigenvalue weighted by molar-refractivity contribution is 5.13. The molecule has 0 aliphatic heterocycles. The Kier molecular flexibility index (Phi) is 3.10. The van der Waals surface area contributed by atoms with Crippen molar-refractivity contribution in [2.24, 2.45) is 11.7 Å². The molecule has 0 bridgehead atoms. The van der Waals surface area contributed by atoms with Gasteiger partial charge in [0.2, 0.25) is 0 Å². The average molecular weight is 207 g/mol. The van der Waals surface area contributed by atoms with E-state index in [9.17, 15) is 0 Å². The number of nitrogens with zero attached hydrogens (tertiary/aromatic N) is 2. The van der Waals surface area contributed by atoms with Crippen LogP contribution in [0.25, 0.3) is 0 Å². The summed E-state index contributed by atoms with van der Waals surface area (Å²) in [6, 6.07) is 2.31. The van der Waals surface area contributed by atoms with Crippen molar-refractivity contribution < 1.29 is 0 Å². The van der Waals surface area contributed by atoms with Gasteiger partial charge in [-0.05, 0) is 32.3 Å². The molecule has 2 N–H and O–H groups in total. The summed E-state index contributed by atoms with van der Waals surface area (Å²) in [4.78, 5) is 0. The third kappa shape index (κ3) is 2.23. The Morgan fingerprint density at radius 3 is 2.87 bits per heavy atom. The van der Waals surface area contributed by atoms with Crippen LogP contribution < -0.4 is 5.73 Å². The number of hydrogen-bond acceptors (Lipinski definition) is 2. The standard InChI is InChI=1S/C12H21N3/c1-3-15-12(7-9(2)14-15)11(13)8-10-5-4-6-10/h7,10-11H,3-6,8,13H2,1-2H3. The van der Waals surface area contributed by atoms with E-state index in [4.69, 9.17) is 5.73 Å². The number of nitrogens with two attached hydrogens (primary N) is 1. The molecular weight excluding hydrogens is 186 g/mol. The number of rotatable bonds is 4. The van der Waals surface area contributed by atoms with Gasteiger partial charge in [-0.3, -0.25) is 4.68 Å². The minimum Gasteiger partial charge on any atom is -0.323 e. The average Bonchev–Trinajstić information content (AvgIpc) is 2.53. The van der Waals surface area contributed by atoms with Crippen LogP contribution in [-0.4, -0.2) is 9.78 Å². The molecule has 3 heteroatoms. The monoisotopic (exact) mass is 207 g/mol. The molecule has 1 unspecified atom stereocenters. The molecule has 1 aliphatic rings. The molecule has 1 saturated carbocycles. The molecule has 0 radical (unpaired) electrons. The molecule has 1 aromatic heterocycles. The minimum atomic E-state index is 0.177. The fourth-order valence-electron chi connectivity index (χ4n) is 2.33. The first-order chi connectivity index (χ1) is 7.20. The lowest BCUT2D eigenvalue weighted by molar-refractivity contribution is 0.273. The normalized spacial score (nSPS) is 18.9. The van der Waals surface area contributed by atoms with E-state index in [2.05, 4.69) is 18.1 Å². The number of aryl methyl sites for hydroxylation is 2. The van der Waals surface area contributed by atoms with Gasteiger partial charge in [0.05, 0.1) is 11.4 Å². The molecule has 3 nitrogen and oxygen atoms in total. The van der Waals surface area contributed by atoms with Gasteiger partial charge in [0, 0.05) is 12.6 Å². The lowest BCUT2D eigenvalue weighted by atomic mass is 9.80. The molecule has 0 spiro atoms. The highest BCUT2D eigenvalue weighted by atomic mass is 15.3.